The molecule has 0 radical (unpaired) electrons. The van der Waals surface area contributed by atoms with Gasteiger partial charge in [-0.3, -0.25) is 0 Å². The highest BCUT2D eigenvalue weighted by Gasteiger charge is 2.30. The molecule has 2 aromatic rings. The van der Waals surface area contributed by atoms with Crippen LogP contribution >= 0.6 is 0 Å². The monoisotopic (exact) mass is 216 g/mol. The molecule has 0 saturated carbocycles. The summed E-state index contributed by atoms with van der Waals surface area (Å²) in [5.41, 5.74) is 8.32. The van der Waals surface area contributed by atoms with Crippen LogP contribution in [-0.2, 0) is 5.54 Å². The third-order valence-electron chi connectivity index (χ3n) is 2.97. The fourth-order valence-corrected chi connectivity index (χ4v) is 2.00. The zero-order valence-electron chi connectivity index (χ0n) is 9.27. The van der Waals surface area contributed by atoms with Crippen molar-refractivity contribution in [3.05, 3.63) is 59.4 Å². The minimum atomic E-state index is -0.828. The van der Waals surface area contributed by atoms with E-state index in [9.17, 15) is 5.11 Å². The Morgan fingerprint density at radius 1 is 1.25 bits per heavy atom. The Kier molecular flexibility index (Phi) is 2.81. The highest BCUT2D eigenvalue weighted by Crippen LogP contribution is 2.28. The fraction of sp³-hybridized carbons (Fsp3) is 0.231. The van der Waals surface area contributed by atoms with Gasteiger partial charge in [0.2, 0.25) is 0 Å². The number of aliphatic hydroxyl groups is 1. The van der Waals surface area contributed by atoms with Crippen LogP contribution in [0.4, 0.5) is 0 Å². The zero-order valence-corrected chi connectivity index (χ0v) is 9.27. The lowest BCUT2D eigenvalue weighted by molar-refractivity contribution is 0.223. The summed E-state index contributed by atoms with van der Waals surface area (Å²) in [6.07, 6.45) is 1.84. The van der Waals surface area contributed by atoms with Gasteiger partial charge in [-0.25, -0.2) is 0 Å². The molecule has 3 nitrogen and oxygen atoms in total. The number of aliphatic hydroxyl groups excluding tert-OH is 1. The number of benzene rings is 1. The second-order valence-corrected chi connectivity index (χ2v) is 4.01. The van der Waals surface area contributed by atoms with E-state index in [-0.39, 0.29) is 6.61 Å². The van der Waals surface area contributed by atoms with Gasteiger partial charge in [0.1, 0.15) is 0 Å². The molecule has 84 valence electrons. The van der Waals surface area contributed by atoms with Gasteiger partial charge in [-0.05, 0) is 24.1 Å². The van der Waals surface area contributed by atoms with Crippen LogP contribution in [0.25, 0.3) is 0 Å². The highest BCUT2D eigenvalue weighted by molar-refractivity contribution is 5.40. The van der Waals surface area contributed by atoms with Gasteiger partial charge in [-0.1, -0.05) is 30.3 Å². The first-order valence-electron chi connectivity index (χ1n) is 5.28. The van der Waals surface area contributed by atoms with Crippen LogP contribution in [-0.4, -0.2) is 16.7 Å². The molecule has 1 atom stereocenters. The molecule has 0 saturated heterocycles. The Labute approximate surface area is 94.9 Å². The summed E-state index contributed by atoms with van der Waals surface area (Å²) < 4.78 is 0. The summed E-state index contributed by atoms with van der Waals surface area (Å²) in [4.78, 5) is 3.09. The van der Waals surface area contributed by atoms with Crippen molar-refractivity contribution in [1.82, 2.24) is 4.98 Å². The van der Waals surface area contributed by atoms with Gasteiger partial charge in [0.25, 0.3) is 0 Å². The first-order valence-corrected chi connectivity index (χ1v) is 5.28. The minimum absolute atomic E-state index is 0.115. The second-order valence-electron chi connectivity index (χ2n) is 4.01. The van der Waals surface area contributed by atoms with Crippen LogP contribution in [0, 0.1) is 6.92 Å². The van der Waals surface area contributed by atoms with E-state index in [0.29, 0.717) is 0 Å². The number of nitrogens with two attached hydrogens (primary N) is 1. The van der Waals surface area contributed by atoms with E-state index in [1.54, 1.807) is 0 Å². The van der Waals surface area contributed by atoms with Crippen molar-refractivity contribution >= 4 is 0 Å². The first-order chi connectivity index (χ1) is 7.68. The van der Waals surface area contributed by atoms with E-state index in [1.807, 2.05) is 49.5 Å². The third-order valence-corrected chi connectivity index (χ3v) is 2.97. The number of H-pyrrole nitrogens is 1. The van der Waals surface area contributed by atoms with E-state index in [2.05, 4.69) is 4.98 Å². The van der Waals surface area contributed by atoms with Crippen molar-refractivity contribution in [3.8, 4) is 0 Å². The van der Waals surface area contributed by atoms with E-state index in [4.69, 9.17) is 5.73 Å². The largest absolute Gasteiger partial charge is 0.394 e. The summed E-state index contributed by atoms with van der Waals surface area (Å²) in [5, 5.41) is 9.60. The molecule has 0 fully saturated rings. The van der Waals surface area contributed by atoms with Crippen LogP contribution < -0.4 is 5.73 Å². The van der Waals surface area contributed by atoms with Gasteiger partial charge < -0.3 is 15.8 Å². The normalized spacial score (nSPS) is 14.7. The maximum Gasteiger partial charge on any atom is 0.0917 e. The minimum Gasteiger partial charge on any atom is -0.394 e. The van der Waals surface area contributed by atoms with Crippen LogP contribution in [0.3, 0.4) is 0 Å². The molecule has 1 aromatic heterocycles. The molecule has 4 N–H and O–H groups in total. The standard InChI is InChI=1S/C13H16N2O/c1-10-12(7-8-15-10)13(14,9-16)11-5-3-2-4-6-11/h2-8,15-16H,9,14H2,1H3/t13-/m0/s1. The molecule has 0 unspecified atom stereocenters. The SMILES string of the molecule is Cc1[nH]ccc1[C@](N)(CO)c1ccccc1. The molecule has 0 aliphatic rings. The van der Waals surface area contributed by atoms with Gasteiger partial charge in [-0.15, -0.1) is 0 Å². The summed E-state index contributed by atoms with van der Waals surface area (Å²) >= 11 is 0. The second kappa shape index (κ2) is 4.12. The van der Waals surface area contributed by atoms with Crippen LogP contribution in [0.2, 0.25) is 0 Å². The third kappa shape index (κ3) is 1.64. The van der Waals surface area contributed by atoms with Crippen molar-refractivity contribution in [2.75, 3.05) is 6.61 Å². The van der Waals surface area contributed by atoms with Gasteiger partial charge >= 0.3 is 0 Å². The van der Waals surface area contributed by atoms with E-state index in [1.165, 1.54) is 0 Å². The van der Waals surface area contributed by atoms with Crippen molar-refractivity contribution in [2.45, 2.75) is 12.5 Å². The zero-order chi connectivity index (χ0) is 11.6. The van der Waals surface area contributed by atoms with Crippen molar-refractivity contribution in [3.63, 3.8) is 0 Å². The molecule has 1 heterocycles. The number of aromatic amines is 1. The molecule has 0 aliphatic carbocycles. The Bertz CT molecular complexity index is 464. The average molecular weight is 216 g/mol. The van der Waals surface area contributed by atoms with Crippen LogP contribution in [0.5, 0.6) is 0 Å². The molecule has 1 aromatic carbocycles. The molecule has 0 spiro atoms. The fourth-order valence-electron chi connectivity index (χ4n) is 2.00. The highest BCUT2D eigenvalue weighted by atomic mass is 16.3. The van der Waals surface area contributed by atoms with Crippen molar-refractivity contribution in [1.29, 1.82) is 0 Å². The molecular weight excluding hydrogens is 200 g/mol. The summed E-state index contributed by atoms with van der Waals surface area (Å²) in [7, 11) is 0. The Morgan fingerprint density at radius 3 is 2.44 bits per heavy atom. The molecule has 0 amide bonds. The first kappa shape index (κ1) is 10.9. The van der Waals surface area contributed by atoms with Crippen molar-refractivity contribution in [2.24, 2.45) is 5.73 Å². The molecule has 0 bridgehead atoms. The quantitative estimate of drug-likeness (QED) is 0.728. The average Bonchev–Trinajstić information content (AvgIpc) is 2.76. The van der Waals surface area contributed by atoms with Gasteiger partial charge in [-0.2, -0.15) is 0 Å². The van der Waals surface area contributed by atoms with E-state index >= 15 is 0 Å². The summed E-state index contributed by atoms with van der Waals surface area (Å²) in [5.74, 6) is 0. The van der Waals surface area contributed by atoms with Gasteiger partial charge in [0, 0.05) is 11.9 Å². The van der Waals surface area contributed by atoms with Crippen molar-refractivity contribution < 1.29 is 5.11 Å². The van der Waals surface area contributed by atoms with Gasteiger partial charge in [0.15, 0.2) is 0 Å². The smallest absolute Gasteiger partial charge is 0.0917 e. The Hall–Kier alpha value is -1.58. The molecule has 16 heavy (non-hydrogen) atoms. The predicted octanol–water partition coefficient (Wildman–Crippen LogP) is 1.52. The molecular formula is C13H16N2O. The predicted molar refractivity (Wildman–Crippen MR) is 64.0 cm³/mol. The van der Waals surface area contributed by atoms with E-state index in [0.717, 1.165) is 16.8 Å². The van der Waals surface area contributed by atoms with Gasteiger partial charge in [0.05, 0.1) is 12.1 Å². The summed E-state index contributed by atoms with van der Waals surface area (Å²) in [6, 6.07) is 11.6. The number of nitrogens with one attached hydrogen (secondary N) is 1. The summed E-state index contributed by atoms with van der Waals surface area (Å²) in [6.45, 7) is 1.84. The number of rotatable bonds is 3. The topological polar surface area (TPSA) is 62.0 Å². The molecule has 3 heteroatoms. The maximum atomic E-state index is 9.60. The lowest BCUT2D eigenvalue weighted by Gasteiger charge is -2.28. The molecule has 0 aliphatic heterocycles. The van der Waals surface area contributed by atoms with Crippen LogP contribution in [0.1, 0.15) is 16.8 Å². The lowest BCUT2D eigenvalue weighted by atomic mass is 9.84. The number of aryl methyl sites for hydroxylation is 1. The molecule has 2 rings (SSSR count). The van der Waals surface area contributed by atoms with E-state index < -0.39 is 5.54 Å². The number of aromatic nitrogens is 1. The Morgan fingerprint density at radius 2 is 1.94 bits per heavy atom. The Balaban J connectivity index is 2.53. The maximum absolute atomic E-state index is 9.60. The number of hydrogen-bond donors (Lipinski definition) is 3. The van der Waals surface area contributed by atoms with Crippen LogP contribution in [0.15, 0.2) is 42.6 Å². The lowest BCUT2D eigenvalue weighted by Crippen LogP contribution is -2.42. The number of hydrogen-bond acceptors (Lipinski definition) is 2.